The summed E-state index contributed by atoms with van der Waals surface area (Å²) in [6.07, 6.45) is 1.22. The number of sulfonamides is 1. The van der Waals surface area contributed by atoms with Gasteiger partial charge in [-0.15, -0.1) is 0 Å². The van der Waals surface area contributed by atoms with E-state index in [1.54, 1.807) is 0 Å². The van der Waals surface area contributed by atoms with Gasteiger partial charge in [0.2, 0.25) is 10.0 Å². The average Bonchev–Trinajstić information content (AvgIpc) is 2.89. The summed E-state index contributed by atoms with van der Waals surface area (Å²) in [6, 6.07) is 2.78. The minimum Gasteiger partial charge on any atom is -0.502 e. The Bertz CT molecular complexity index is 727. The summed E-state index contributed by atoms with van der Waals surface area (Å²) in [5, 5.41) is 25.9. The van der Waals surface area contributed by atoms with Gasteiger partial charge in [0.05, 0.1) is 16.4 Å². The van der Waals surface area contributed by atoms with Crippen LogP contribution in [0.2, 0.25) is 0 Å². The first kappa shape index (κ1) is 13.9. The quantitative estimate of drug-likeness (QED) is 0.514. The third-order valence-electron chi connectivity index (χ3n) is 2.35. The molecule has 0 bridgehead atoms. The molecule has 0 spiro atoms. The molecule has 2 rings (SSSR count). The maximum Gasteiger partial charge on any atom is 0.312 e. The molecule has 0 amide bonds. The molecule has 1 heterocycles. The van der Waals surface area contributed by atoms with Crippen LogP contribution in [0, 0.1) is 10.1 Å². The van der Waals surface area contributed by atoms with Gasteiger partial charge in [-0.1, -0.05) is 0 Å². The Balaban J connectivity index is 2.25. The highest BCUT2D eigenvalue weighted by Gasteiger charge is 2.21. The second-order valence-electron chi connectivity index (χ2n) is 3.66. The Morgan fingerprint density at radius 3 is 2.80 bits per heavy atom. The summed E-state index contributed by atoms with van der Waals surface area (Å²) < 4.78 is 26.1. The first-order chi connectivity index (χ1) is 9.40. The van der Waals surface area contributed by atoms with E-state index < -0.39 is 26.4 Å². The zero-order chi connectivity index (χ0) is 14.8. The first-order valence-electron chi connectivity index (χ1n) is 5.21. The summed E-state index contributed by atoms with van der Waals surface area (Å²) in [5.41, 5.74) is -0.687. The highest BCUT2D eigenvalue weighted by atomic mass is 32.2. The van der Waals surface area contributed by atoms with E-state index in [-0.39, 0.29) is 11.4 Å². The maximum atomic E-state index is 11.9. The highest BCUT2D eigenvalue weighted by molar-refractivity contribution is 7.89. The van der Waals surface area contributed by atoms with Gasteiger partial charge in [-0.25, -0.2) is 18.1 Å². The smallest absolute Gasteiger partial charge is 0.312 e. The Morgan fingerprint density at radius 2 is 2.20 bits per heavy atom. The van der Waals surface area contributed by atoms with Crippen molar-refractivity contribution in [2.75, 3.05) is 0 Å². The van der Waals surface area contributed by atoms with Crippen LogP contribution in [0.25, 0.3) is 0 Å². The minimum atomic E-state index is -3.96. The summed E-state index contributed by atoms with van der Waals surface area (Å²) >= 11 is 0. The number of aromatic hydroxyl groups is 1. The van der Waals surface area contributed by atoms with Crippen molar-refractivity contribution in [3.05, 3.63) is 40.5 Å². The fraction of sp³-hybridized carbons (Fsp3) is 0.111. The van der Waals surface area contributed by atoms with Crippen LogP contribution in [0.15, 0.2) is 29.4 Å². The van der Waals surface area contributed by atoms with Crippen molar-refractivity contribution >= 4 is 15.7 Å². The third kappa shape index (κ3) is 2.89. The molecule has 0 unspecified atom stereocenters. The zero-order valence-corrected chi connectivity index (χ0v) is 10.7. The number of nitrogens with zero attached hydrogens (tertiary/aromatic N) is 3. The predicted octanol–water partition coefficient (Wildman–Crippen LogP) is -0.103. The molecule has 0 fully saturated rings. The van der Waals surface area contributed by atoms with E-state index in [0.29, 0.717) is 5.82 Å². The van der Waals surface area contributed by atoms with Crippen molar-refractivity contribution in [3.63, 3.8) is 0 Å². The van der Waals surface area contributed by atoms with E-state index in [4.69, 9.17) is 0 Å². The maximum absolute atomic E-state index is 11.9. The van der Waals surface area contributed by atoms with Crippen molar-refractivity contribution in [2.45, 2.75) is 11.4 Å². The number of hydrogen-bond acceptors (Lipinski definition) is 7. The van der Waals surface area contributed by atoms with Gasteiger partial charge in [0.1, 0.15) is 12.2 Å². The fourth-order valence-corrected chi connectivity index (χ4v) is 2.39. The SMILES string of the molecule is O=[N+]([O-])c1cc(S(=O)(=O)NCc2ncn[nH]2)ccc1O. The molecule has 1 aromatic carbocycles. The van der Waals surface area contributed by atoms with Crippen LogP contribution < -0.4 is 4.72 Å². The van der Waals surface area contributed by atoms with Crippen molar-refractivity contribution in [2.24, 2.45) is 0 Å². The lowest BCUT2D eigenvalue weighted by Crippen LogP contribution is -2.23. The molecule has 1 aromatic heterocycles. The molecule has 0 aliphatic rings. The van der Waals surface area contributed by atoms with E-state index >= 15 is 0 Å². The fourth-order valence-electron chi connectivity index (χ4n) is 1.38. The summed E-state index contributed by atoms with van der Waals surface area (Å²) in [7, 11) is -3.96. The number of nitro benzene ring substituents is 1. The molecule has 0 atom stereocenters. The summed E-state index contributed by atoms with van der Waals surface area (Å²) in [5.74, 6) is -0.314. The van der Waals surface area contributed by atoms with Crippen LogP contribution >= 0.6 is 0 Å². The topological polar surface area (TPSA) is 151 Å². The molecule has 2 aromatic rings. The Kier molecular flexibility index (Phi) is 3.63. The number of nitro groups is 1. The van der Waals surface area contributed by atoms with Gasteiger partial charge in [0.15, 0.2) is 5.75 Å². The van der Waals surface area contributed by atoms with Crippen LogP contribution in [0.1, 0.15) is 5.82 Å². The van der Waals surface area contributed by atoms with E-state index in [0.717, 1.165) is 18.2 Å². The molecule has 0 radical (unpaired) electrons. The molecule has 0 saturated heterocycles. The van der Waals surface area contributed by atoms with Crippen LogP contribution in [-0.2, 0) is 16.6 Å². The number of aromatic nitrogens is 3. The first-order valence-corrected chi connectivity index (χ1v) is 6.70. The lowest BCUT2D eigenvalue weighted by atomic mass is 10.3. The molecule has 11 heteroatoms. The van der Waals surface area contributed by atoms with Crippen LogP contribution in [-0.4, -0.2) is 33.6 Å². The van der Waals surface area contributed by atoms with Crippen LogP contribution in [0.3, 0.4) is 0 Å². The average molecular weight is 299 g/mol. The van der Waals surface area contributed by atoms with Crippen LogP contribution in [0.4, 0.5) is 5.69 Å². The number of hydrogen-bond donors (Lipinski definition) is 3. The van der Waals surface area contributed by atoms with E-state index in [2.05, 4.69) is 19.9 Å². The monoisotopic (exact) mass is 299 g/mol. The van der Waals surface area contributed by atoms with Crippen molar-refractivity contribution in [1.82, 2.24) is 19.9 Å². The molecule has 0 aliphatic heterocycles. The van der Waals surface area contributed by atoms with Gasteiger partial charge in [-0.05, 0) is 12.1 Å². The normalized spacial score (nSPS) is 11.4. The lowest BCUT2D eigenvalue weighted by Gasteiger charge is -2.05. The van der Waals surface area contributed by atoms with Gasteiger partial charge >= 0.3 is 5.69 Å². The van der Waals surface area contributed by atoms with Gasteiger partial charge in [0, 0.05) is 6.07 Å². The number of rotatable bonds is 5. The number of phenols is 1. The Morgan fingerprint density at radius 1 is 1.45 bits per heavy atom. The molecule has 3 N–H and O–H groups in total. The molecule has 0 saturated carbocycles. The van der Waals surface area contributed by atoms with E-state index in [1.807, 2.05) is 0 Å². The summed E-state index contributed by atoms with van der Waals surface area (Å²) in [4.78, 5) is 13.2. The predicted molar refractivity (Wildman–Crippen MR) is 65.2 cm³/mol. The number of aromatic amines is 1. The van der Waals surface area contributed by atoms with Crippen LogP contribution in [0.5, 0.6) is 5.75 Å². The lowest BCUT2D eigenvalue weighted by molar-refractivity contribution is -0.386. The van der Waals surface area contributed by atoms with Crippen molar-refractivity contribution in [3.8, 4) is 5.75 Å². The standard InChI is InChI=1S/C9H9N5O5S/c15-8-2-1-6(3-7(8)14(16)17)20(18,19)12-4-9-10-5-11-13-9/h1-3,5,12,15H,4H2,(H,10,11,13). The van der Waals surface area contributed by atoms with E-state index in [9.17, 15) is 23.6 Å². The van der Waals surface area contributed by atoms with Crippen molar-refractivity contribution in [1.29, 1.82) is 0 Å². The molecular weight excluding hydrogens is 290 g/mol. The highest BCUT2D eigenvalue weighted by Crippen LogP contribution is 2.28. The third-order valence-corrected chi connectivity index (χ3v) is 3.75. The molecule has 20 heavy (non-hydrogen) atoms. The second kappa shape index (κ2) is 5.22. The number of phenolic OH excluding ortho intramolecular Hbond substituents is 1. The molecule has 106 valence electrons. The molecular formula is C9H9N5O5S. The second-order valence-corrected chi connectivity index (χ2v) is 5.43. The Hall–Kier alpha value is -2.53. The summed E-state index contributed by atoms with van der Waals surface area (Å²) in [6.45, 7) is -0.142. The molecule has 10 nitrogen and oxygen atoms in total. The minimum absolute atomic E-state index is 0.142. The van der Waals surface area contributed by atoms with E-state index in [1.165, 1.54) is 6.33 Å². The number of nitrogens with one attached hydrogen (secondary N) is 2. The number of benzene rings is 1. The van der Waals surface area contributed by atoms with Crippen molar-refractivity contribution < 1.29 is 18.4 Å². The molecule has 0 aliphatic carbocycles. The van der Waals surface area contributed by atoms with Gasteiger partial charge < -0.3 is 5.11 Å². The largest absolute Gasteiger partial charge is 0.502 e. The van der Waals surface area contributed by atoms with Gasteiger partial charge in [0.25, 0.3) is 0 Å². The van der Waals surface area contributed by atoms with Gasteiger partial charge in [-0.2, -0.15) is 5.10 Å². The Labute approximate surface area is 112 Å². The zero-order valence-electron chi connectivity index (χ0n) is 9.85. The number of H-pyrrole nitrogens is 1. The van der Waals surface area contributed by atoms with Gasteiger partial charge in [-0.3, -0.25) is 15.2 Å².